The van der Waals surface area contributed by atoms with Crippen molar-refractivity contribution >= 4 is 23.2 Å². The van der Waals surface area contributed by atoms with Crippen molar-refractivity contribution in [3.05, 3.63) is 46.6 Å². The predicted molar refractivity (Wildman–Crippen MR) is 62.7 cm³/mol. The number of rotatable bonds is 4. The molecule has 84 valence electrons. The largest absolute Gasteiger partial charge is 0.338 e. The van der Waals surface area contributed by atoms with Crippen LogP contribution in [0.15, 0.2) is 28.8 Å². The Morgan fingerprint density at radius 2 is 1.88 bits per heavy atom. The number of nitrogens with zero attached hydrogens (tertiary/aromatic N) is 2. The molecule has 0 radical (unpaired) electrons. The SMILES string of the molecule is ClCc1nc(CCc2ccc(Cl)cc2)no1. The molecule has 0 aliphatic carbocycles. The Balaban J connectivity index is 1.94. The van der Waals surface area contributed by atoms with Crippen LogP contribution in [0.5, 0.6) is 0 Å². The third-order valence-corrected chi connectivity index (χ3v) is 2.66. The van der Waals surface area contributed by atoms with Crippen LogP contribution < -0.4 is 0 Å². The Labute approximate surface area is 103 Å². The van der Waals surface area contributed by atoms with Gasteiger partial charge >= 0.3 is 0 Å². The Bertz CT molecular complexity index is 453. The molecular formula is C11H10Cl2N2O. The summed E-state index contributed by atoms with van der Waals surface area (Å²) < 4.78 is 4.91. The van der Waals surface area contributed by atoms with E-state index in [0.29, 0.717) is 11.7 Å². The number of aromatic nitrogens is 2. The van der Waals surface area contributed by atoms with Crippen LogP contribution in [0.25, 0.3) is 0 Å². The van der Waals surface area contributed by atoms with Gasteiger partial charge in [-0.15, -0.1) is 11.6 Å². The van der Waals surface area contributed by atoms with Gasteiger partial charge in [0.05, 0.1) is 0 Å². The zero-order valence-corrected chi connectivity index (χ0v) is 10.0. The van der Waals surface area contributed by atoms with Crippen LogP contribution in [0.2, 0.25) is 5.02 Å². The summed E-state index contributed by atoms with van der Waals surface area (Å²) in [7, 11) is 0. The molecule has 1 heterocycles. The van der Waals surface area contributed by atoms with Gasteiger partial charge in [0, 0.05) is 11.4 Å². The smallest absolute Gasteiger partial charge is 0.241 e. The number of benzene rings is 1. The standard InChI is InChI=1S/C11H10Cl2N2O/c12-7-11-14-10(15-16-11)6-3-8-1-4-9(13)5-2-8/h1-2,4-5H,3,6-7H2. The zero-order valence-electron chi connectivity index (χ0n) is 8.49. The van der Waals surface area contributed by atoms with E-state index in [1.54, 1.807) is 0 Å². The van der Waals surface area contributed by atoms with Gasteiger partial charge in [-0.2, -0.15) is 4.98 Å². The summed E-state index contributed by atoms with van der Waals surface area (Å²) in [5, 5.41) is 4.57. The van der Waals surface area contributed by atoms with Crippen molar-refractivity contribution in [1.29, 1.82) is 0 Å². The first-order chi connectivity index (χ1) is 7.78. The molecule has 0 fully saturated rings. The van der Waals surface area contributed by atoms with E-state index in [2.05, 4.69) is 10.1 Å². The van der Waals surface area contributed by atoms with Crippen molar-refractivity contribution in [2.45, 2.75) is 18.7 Å². The van der Waals surface area contributed by atoms with Crippen molar-refractivity contribution in [2.24, 2.45) is 0 Å². The Hall–Kier alpha value is -1.06. The minimum absolute atomic E-state index is 0.258. The van der Waals surface area contributed by atoms with Crippen molar-refractivity contribution in [3.8, 4) is 0 Å². The average Bonchev–Trinajstić information content (AvgIpc) is 2.76. The normalized spacial score (nSPS) is 10.6. The maximum absolute atomic E-state index is 5.80. The van der Waals surface area contributed by atoms with E-state index in [1.165, 1.54) is 5.56 Å². The first-order valence-corrected chi connectivity index (χ1v) is 5.81. The van der Waals surface area contributed by atoms with Crippen LogP contribution in [-0.4, -0.2) is 10.1 Å². The fourth-order valence-electron chi connectivity index (χ4n) is 1.35. The van der Waals surface area contributed by atoms with Gasteiger partial charge in [0.2, 0.25) is 5.89 Å². The zero-order chi connectivity index (χ0) is 11.4. The maximum Gasteiger partial charge on any atom is 0.241 e. The Morgan fingerprint density at radius 3 is 2.50 bits per heavy atom. The van der Waals surface area contributed by atoms with Gasteiger partial charge in [0.15, 0.2) is 5.82 Å². The number of hydrogen-bond donors (Lipinski definition) is 0. The van der Waals surface area contributed by atoms with Gasteiger partial charge in [-0.1, -0.05) is 28.9 Å². The van der Waals surface area contributed by atoms with Gasteiger partial charge in [-0.05, 0) is 24.1 Å². The highest BCUT2D eigenvalue weighted by Gasteiger charge is 2.04. The van der Waals surface area contributed by atoms with Crippen LogP contribution in [0.4, 0.5) is 0 Å². The first kappa shape index (κ1) is 11.4. The van der Waals surface area contributed by atoms with Crippen LogP contribution >= 0.6 is 23.2 Å². The van der Waals surface area contributed by atoms with E-state index in [-0.39, 0.29) is 5.88 Å². The summed E-state index contributed by atoms with van der Waals surface area (Å²) in [6, 6.07) is 7.73. The molecule has 0 amide bonds. The summed E-state index contributed by atoms with van der Waals surface area (Å²) in [4.78, 5) is 4.13. The number of alkyl halides is 1. The van der Waals surface area contributed by atoms with Crippen LogP contribution in [0.1, 0.15) is 17.3 Å². The second kappa shape index (κ2) is 5.32. The molecule has 0 saturated heterocycles. The molecular weight excluding hydrogens is 247 g/mol. The minimum atomic E-state index is 0.258. The number of aryl methyl sites for hydroxylation is 2. The van der Waals surface area contributed by atoms with E-state index in [9.17, 15) is 0 Å². The second-order valence-corrected chi connectivity index (χ2v) is 4.07. The van der Waals surface area contributed by atoms with Crippen molar-refractivity contribution in [1.82, 2.24) is 10.1 Å². The molecule has 3 nitrogen and oxygen atoms in total. The lowest BCUT2D eigenvalue weighted by atomic mass is 10.1. The monoisotopic (exact) mass is 256 g/mol. The lowest BCUT2D eigenvalue weighted by Crippen LogP contribution is -1.93. The topological polar surface area (TPSA) is 38.9 Å². The highest BCUT2D eigenvalue weighted by atomic mass is 35.5. The summed E-state index contributed by atoms with van der Waals surface area (Å²) in [5.41, 5.74) is 1.20. The third kappa shape index (κ3) is 2.97. The summed E-state index contributed by atoms with van der Waals surface area (Å²) in [5.74, 6) is 1.41. The molecule has 0 saturated carbocycles. The lowest BCUT2D eigenvalue weighted by Gasteiger charge is -1.97. The quantitative estimate of drug-likeness (QED) is 0.789. The summed E-state index contributed by atoms with van der Waals surface area (Å²) in [6.45, 7) is 0. The van der Waals surface area contributed by atoms with Crippen LogP contribution in [-0.2, 0) is 18.7 Å². The number of hydrogen-bond acceptors (Lipinski definition) is 3. The fraction of sp³-hybridized carbons (Fsp3) is 0.273. The first-order valence-electron chi connectivity index (χ1n) is 4.90. The molecule has 1 aromatic heterocycles. The molecule has 16 heavy (non-hydrogen) atoms. The van der Waals surface area contributed by atoms with E-state index >= 15 is 0 Å². The van der Waals surface area contributed by atoms with Gasteiger partial charge in [0.25, 0.3) is 0 Å². The molecule has 0 spiro atoms. The van der Waals surface area contributed by atoms with Gasteiger partial charge in [0.1, 0.15) is 5.88 Å². The van der Waals surface area contributed by atoms with Crippen molar-refractivity contribution in [3.63, 3.8) is 0 Å². The van der Waals surface area contributed by atoms with Crippen LogP contribution in [0, 0.1) is 0 Å². The summed E-state index contributed by atoms with van der Waals surface area (Å²) in [6.07, 6.45) is 1.60. The van der Waals surface area contributed by atoms with Crippen molar-refractivity contribution in [2.75, 3.05) is 0 Å². The molecule has 0 atom stereocenters. The molecule has 0 bridgehead atoms. The molecule has 2 aromatic rings. The van der Waals surface area contributed by atoms with Crippen LogP contribution in [0.3, 0.4) is 0 Å². The predicted octanol–water partition coefficient (Wildman–Crippen LogP) is 3.25. The molecule has 0 aliphatic heterocycles. The van der Waals surface area contributed by atoms with E-state index < -0.39 is 0 Å². The minimum Gasteiger partial charge on any atom is -0.338 e. The molecule has 5 heteroatoms. The van der Waals surface area contributed by atoms with E-state index in [0.717, 1.165) is 17.9 Å². The molecule has 0 N–H and O–H groups in total. The van der Waals surface area contributed by atoms with Gasteiger partial charge in [-0.3, -0.25) is 0 Å². The molecule has 2 rings (SSSR count). The molecule has 0 aliphatic rings. The molecule has 1 aromatic carbocycles. The highest BCUT2D eigenvalue weighted by molar-refractivity contribution is 6.30. The van der Waals surface area contributed by atoms with Gasteiger partial charge < -0.3 is 4.52 Å². The summed E-state index contributed by atoms with van der Waals surface area (Å²) >= 11 is 11.4. The van der Waals surface area contributed by atoms with E-state index in [1.807, 2.05) is 24.3 Å². The Kier molecular flexibility index (Phi) is 3.80. The van der Waals surface area contributed by atoms with E-state index in [4.69, 9.17) is 27.7 Å². The number of halogens is 2. The average molecular weight is 257 g/mol. The van der Waals surface area contributed by atoms with Crippen molar-refractivity contribution < 1.29 is 4.52 Å². The second-order valence-electron chi connectivity index (χ2n) is 3.36. The maximum atomic E-state index is 5.80. The third-order valence-electron chi connectivity index (χ3n) is 2.18. The lowest BCUT2D eigenvalue weighted by molar-refractivity contribution is 0.384. The fourth-order valence-corrected chi connectivity index (χ4v) is 1.59. The Morgan fingerprint density at radius 1 is 1.12 bits per heavy atom. The van der Waals surface area contributed by atoms with Gasteiger partial charge in [-0.25, -0.2) is 0 Å². The molecule has 0 unspecified atom stereocenters. The highest BCUT2D eigenvalue weighted by Crippen LogP contribution is 2.11.